The minimum Gasteiger partial charge on any atom is -0.399 e. The maximum absolute atomic E-state index is 12.7. The molecule has 174 valence electrons. The Morgan fingerprint density at radius 3 is 2.38 bits per heavy atom. The zero-order chi connectivity index (χ0) is 23.1. The quantitative estimate of drug-likeness (QED) is 0.590. The van der Waals surface area contributed by atoms with E-state index in [0.29, 0.717) is 24.6 Å². The number of piperidine rings is 1. The van der Waals surface area contributed by atoms with E-state index < -0.39 is 0 Å². The fourth-order valence-electron chi connectivity index (χ4n) is 5.00. The third-order valence-electron chi connectivity index (χ3n) is 6.88. The van der Waals surface area contributed by atoms with Crippen LogP contribution in [0.15, 0.2) is 36.7 Å². The van der Waals surface area contributed by atoms with E-state index >= 15 is 0 Å². The van der Waals surface area contributed by atoms with E-state index in [0.717, 1.165) is 44.0 Å². The minimum absolute atomic E-state index is 0.0145. The maximum Gasteiger partial charge on any atom is 0.256 e. The number of hydrogen-bond donors (Lipinski definition) is 1. The molecule has 1 amide bonds. The fraction of sp³-hybridized carbons (Fsp3) is 0.577. The van der Waals surface area contributed by atoms with Gasteiger partial charge in [0.1, 0.15) is 5.82 Å². The van der Waals surface area contributed by atoms with Crippen LogP contribution in [0.5, 0.6) is 0 Å². The SMILES string of the molecule is CCCC(C)CN1CCC(c2cccc(N)c2)(c2ncc(C(=O)N(CC)CC)cn2)CC1. The molecule has 32 heavy (non-hydrogen) atoms. The van der Waals surface area contributed by atoms with Crippen molar-refractivity contribution in [3.05, 3.63) is 53.6 Å². The molecule has 1 atom stereocenters. The summed E-state index contributed by atoms with van der Waals surface area (Å²) in [5.41, 5.74) is 8.35. The first-order chi connectivity index (χ1) is 15.4. The molecule has 0 aliphatic carbocycles. The molecule has 0 spiro atoms. The van der Waals surface area contributed by atoms with Crippen molar-refractivity contribution in [2.24, 2.45) is 5.92 Å². The van der Waals surface area contributed by atoms with Gasteiger partial charge in [0.05, 0.1) is 11.0 Å². The monoisotopic (exact) mass is 437 g/mol. The number of rotatable bonds is 9. The number of likely N-dealkylation sites (tertiary alicyclic amines) is 1. The van der Waals surface area contributed by atoms with Gasteiger partial charge in [-0.2, -0.15) is 0 Å². The largest absolute Gasteiger partial charge is 0.399 e. The summed E-state index contributed by atoms with van der Waals surface area (Å²) in [4.78, 5) is 26.6. The summed E-state index contributed by atoms with van der Waals surface area (Å²) >= 11 is 0. The van der Waals surface area contributed by atoms with Gasteiger partial charge < -0.3 is 15.5 Å². The number of anilines is 1. The maximum atomic E-state index is 12.7. The summed E-state index contributed by atoms with van der Waals surface area (Å²) in [5.74, 6) is 1.49. The molecule has 0 radical (unpaired) electrons. The summed E-state index contributed by atoms with van der Waals surface area (Å²) < 4.78 is 0. The zero-order valence-electron chi connectivity index (χ0n) is 20.2. The van der Waals surface area contributed by atoms with E-state index in [1.54, 1.807) is 17.3 Å². The first-order valence-corrected chi connectivity index (χ1v) is 12.1. The lowest BCUT2D eigenvalue weighted by molar-refractivity contribution is 0.0772. The van der Waals surface area contributed by atoms with Crippen LogP contribution in [-0.4, -0.2) is 58.4 Å². The Bertz CT molecular complexity index is 870. The smallest absolute Gasteiger partial charge is 0.256 e. The molecule has 2 aromatic rings. The third-order valence-corrected chi connectivity index (χ3v) is 6.88. The highest BCUT2D eigenvalue weighted by Gasteiger charge is 2.40. The number of nitrogens with zero attached hydrogens (tertiary/aromatic N) is 4. The van der Waals surface area contributed by atoms with Crippen LogP contribution in [-0.2, 0) is 5.41 Å². The second kappa shape index (κ2) is 10.9. The Morgan fingerprint density at radius 2 is 1.81 bits per heavy atom. The molecule has 0 saturated carbocycles. The van der Waals surface area contributed by atoms with E-state index in [1.165, 1.54) is 18.4 Å². The van der Waals surface area contributed by atoms with Gasteiger partial charge in [-0.1, -0.05) is 32.4 Å². The van der Waals surface area contributed by atoms with E-state index in [1.807, 2.05) is 26.0 Å². The standard InChI is InChI=1S/C26H39N5O/c1-5-9-20(4)19-30-14-12-26(13-15-30,22-10-8-11-23(27)16-22)25-28-17-21(18-29-25)24(32)31(6-2)7-3/h8,10-11,16-18,20H,5-7,9,12-15,19,27H2,1-4H3. The number of carbonyl (C=O) groups excluding carboxylic acids is 1. The summed E-state index contributed by atoms with van der Waals surface area (Å²) in [5, 5.41) is 0. The summed E-state index contributed by atoms with van der Waals surface area (Å²) in [6.45, 7) is 13.1. The van der Waals surface area contributed by atoms with Gasteiger partial charge in [-0.15, -0.1) is 0 Å². The van der Waals surface area contributed by atoms with Gasteiger partial charge in [-0.05, 0) is 69.8 Å². The molecule has 1 saturated heterocycles. The lowest BCUT2D eigenvalue weighted by atomic mass is 9.71. The van der Waals surface area contributed by atoms with Gasteiger partial charge in [0.15, 0.2) is 0 Å². The number of nitrogens with two attached hydrogens (primary N) is 1. The minimum atomic E-state index is -0.281. The van der Waals surface area contributed by atoms with Gasteiger partial charge >= 0.3 is 0 Å². The summed E-state index contributed by atoms with van der Waals surface area (Å²) in [7, 11) is 0. The molecule has 1 unspecified atom stereocenters. The van der Waals surface area contributed by atoms with Gasteiger partial charge in [-0.3, -0.25) is 4.79 Å². The lowest BCUT2D eigenvalue weighted by Crippen LogP contribution is -2.45. The van der Waals surface area contributed by atoms with Gasteiger partial charge in [0, 0.05) is 37.7 Å². The van der Waals surface area contributed by atoms with Gasteiger partial charge in [0.25, 0.3) is 5.91 Å². The van der Waals surface area contributed by atoms with Crippen LogP contribution in [0.25, 0.3) is 0 Å². The molecule has 1 fully saturated rings. The Morgan fingerprint density at radius 1 is 1.16 bits per heavy atom. The van der Waals surface area contributed by atoms with Crippen molar-refractivity contribution in [1.82, 2.24) is 19.8 Å². The Labute approximate surface area is 193 Å². The average Bonchev–Trinajstić information content (AvgIpc) is 2.81. The first-order valence-electron chi connectivity index (χ1n) is 12.1. The zero-order valence-corrected chi connectivity index (χ0v) is 20.2. The normalized spacial score (nSPS) is 17.1. The molecule has 1 aromatic heterocycles. The van der Waals surface area contributed by atoms with Crippen LogP contribution in [0.3, 0.4) is 0 Å². The molecule has 1 aliphatic rings. The van der Waals surface area contributed by atoms with E-state index in [2.05, 4.69) is 30.9 Å². The van der Waals surface area contributed by atoms with Crippen LogP contribution >= 0.6 is 0 Å². The third kappa shape index (κ3) is 5.29. The van der Waals surface area contributed by atoms with Crippen LogP contribution in [0.1, 0.15) is 75.1 Å². The second-order valence-corrected chi connectivity index (χ2v) is 9.17. The molecule has 2 heterocycles. The molecule has 1 aliphatic heterocycles. The highest BCUT2D eigenvalue weighted by Crippen LogP contribution is 2.40. The lowest BCUT2D eigenvalue weighted by Gasteiger charge is -2.42. The van der Waals surface area contributed by atoms with Crippen LogP contribution < -0.4 is 5.73 Å². The van der Waals surface area contributed by atoms with Crippen molar-refractivity contribution < 1.29 is 4.79 Å². The molecule has 1 aromatic carbocycles. The Kier molecular flexibility index (Phi) is 8.24. The molecule has 3 rings (SSSR count). The summed E-state index contributed by atoms with van der Waals surface area (Å²) in [6.07, 6.45) is 7.79. The highest BCUT2D eigenvalue weighted by molar-refractivity contribution is 5.93. The number of benzene rings is 1. The van der Waals surface area contributed by atoms with Crippen molar-refractivity contribution in [2.75, 3.05) is 38.5 Å². The Hall–Kier alpha value is -2.47. The highest BCUT2D eigenvalue weighted by atomic mass is 16.2. The van der Waals surface area contributed by atoms with Crippen molar-refractivity contribution in [3.8, 4) is 0 Å². The van der Waals surface area contributed by atoms with E-state index in [4.69, 9.17) is 15.7 Å². The molecule has 6 heteroatoms. The number of amides is 1. The topological polar surface area (TPSA) is 75.3 Å². The van der Waals surface area contributed by atoms with Gasteiger partial charge in [0.2, 0.25) is 0 Å². The Balaban J connectivity index is 1.87. The van der Waals surface area contributed by atoms with E-state index in [-0.39, 0.29) is 11.3 Å². The molecular formula is C26H39N5O. The molecular weight excluding hydrogens is 398 g/mol. The number of hydrogen-bond acceptors (Lipinski definition) is 5. The van der Waals surface area contributed by atoms with Crippen molar-refractivity contribution >= 4 is 11.6 Å². The first kappa shape index (κ1) is 24.2. The number of aromatic nitrogens is 2. The van der Waals surface area contributed by atoms with Gasteiger partial charge in [-0.25, -0.2) is 9.97 Å². The van der Waals surface area contributed by atoms with Crippen molar-refractivity contribution in [2.45, 2.75) is 58.8 Å². The van der Waals surface area contributed by atoms with Crippen molar-refractivity contribution in [1.29, 1.82) is 0 Å². The molecule has 6 nitrogen and oxygen atoms in total. The fourth-order valence-corrected chi connectivity index (χ4v) is 5.00. The predicted octanol–water partition coefficient (Wildman–Crippen LogP) is 4.36. The average molecular weight is 438 g/mol. The number of nitrogen functional groups attached to an aromatic ring is 1. The van der Waals surface area contributed by atoms with Crippen LogP contribution in [0, 0.1) is 5.92 Å². The predicted molar refractivity (Wildman–Crippen MR) is 131 cm³/mol. The van der Waals surface area contributed by atoms with Crippen LogP contribution in [0.4, 0.5) is 5.69 Å². The van der Waals surface area contributed by atoms with Crippen molar-refractivity contribution in [3.63, 3.8) is 0 Å². The molecule has 0 bridgehead atoms. The van der Waals surface area contributed by atoms with Crippen LogP contribution in [0.2, 0.25) is 0 Å². The second-order valence-electron chi connectivity index (χ2n) is 9.17. The molecule has 2 N–H and O–H groups in total. The number of carbonyl (C=O) groups is 1. The summed E-state index contributed by atoms with van der Waals surface area (Å²) in [6, 6.07) is 8.14. The van der Waals surface area contributed by atoms with E-state index in [9.17, 15) is 4.79 Å².